The first-order valence-corrected chi connectivity index (χ1v) is 9.14. The number of aryl methyl sites for hydroxylation is 1. The molecule has 0 radical (unpaired) electrons. The standard InChI is InChI=1S/C18H30N4O2/c1-4-13-11-20-17(19)21-16(13)22-7-5-18(6-8-22)10-14(23)9-15(24-18)12(2)3/h11-12,14-15,23H,4-10H2,1-3H3,(H2,19,20,21)/t14-,15-/m1/s1. The molecule has 1 aromatic rings. The van der Waals surface area contributed by atoms with Gasteiger partial charge in [0.25, 0.3) is 0 Å². The number of aromatic nitrogens is 2. The summed E-state index contributed by atoms with van der Waals surface area (Å²) in [6.45, 7) is 8.20. The lowest BCUT2D eigenvalue weighted by Crippen LogP contribution is -2.54. The second-order valence-corrected chi connectivity index (χ2v) is 7.59. The molecule has 0 unspecified atom stereocenters. The Kier molecular flexibility index (Phi) is 4.97. The zero-order chi connectivity index (χ0) is 17.3. The van der Waals surface area contributed by atoms with Crippen molar-refractivity contribution in [1.29, 1.82) is 0 Å². The first-order chi connectivity index (χ1) is 11.4. The Bertz CT molecular complexity index is 570. The Morgan fingerprint density at radius 3 is 2.75 bits per heavy atom. The summed E-state index contributed by atoms with van der Waals surface area (Å²) in [7, 11) is 0. The minimum absolute atomic E-state index is 0.154. The van der Waals surface area contributed by atoms with Crippen molar-refractivity contribution in [3.8, 4) is 0 Å². The molecule has 0 aliphatic carbocycles. The quantitative estimate of drug-likeness (QED) is 0.881. The van der Waals surface area contributed by atoms with Gasteiger partial charge in [-0.3, -0.25) is 0 Å². The van der Waals surface area contributed by atoms with Gasteiger partial charge in [0.1, 0.15) is 5.82 Å². The molecular weight excluding hydrogens is 304 g/mol. The molecule has 2 atom stereocenters. The highest BCUT2D eigenvalue weighted by Crippen LogP contribution is 2.40. The summed E-state index contributed by atoms with van der Waals surface area (Å²) in [6.07, 6.45) is 5.96. The summed E-state index contributed by atoms with van der Waals surface area (Å²) in [5.41, 5.74) is 6.73. The molecule has 6 nitrogen and oxygen atoms in total. The number of aliphatic hydroxyl groups excluding tert-OH is 1. The summed E-state index contributed by atoms with van der Waals surface area (Å²) >= 11 is 0. The predicted molar refractivity (Wildman–Crippen MR) is 95.0 cm³/mol. The van der Waals surface area contributed by atoms with E-state index >= 15 is 0 Å². The molecule has 3 N–H and O–H groups in total. The van der Waals surface area contributed by atoms with E-state index < -0.39 is 0 Å². The second-order valence-electron chi connectivity index (χ2n) is 7.59. The van der Waals surface area contributed by atoms with Crippen LogP contribution in [0.25, 0.3) is 0 Å². The number of anilines is 2. The lowest BCUT2D eigenvalue weighted by atomic mass is 9.80. The van der Waals surface area contributed by atoms with E-state index in [0.29, 0.717) is 11.9 Å². The van der Waals surface area contributed by atoms with Gasteiger partial charge in [-0.2, -0.15) is 4.98 Å². The van der Waals surface area contributed by atoms with Crippen molar-refractivity contribution in [1.82, 2.24) is 9.97 Å². The van der Waals surface area contributed by atoms with Crippen molar-refractivity contribution in [2.24, 2.45) is 5.92 Å². The minimum atomic E-state index is -0.251. The van der Waals surface area contributed by atoms with Crippen molar-refractivity contribution in [3.63, 3.8) is 0 Å². The molecule has 0 amide bonds. The van der Waals surface area contributed by atoms with Crippen molar-refractivity contribution >= 4 is 11.8 Å². The van der Waals surface area contributed by atoms with Crippen LogP contribution in [0.15, 0.2) is 6.20 Å². The molecule has 3 heterocycles. The highest BCUT2D eigenvalue weighted by Gasteiger charge is 2.44. The van der Waals surface area contributed by atoms with Crippen molar-refractivity contribution in [2.75, 3.05) is 23.7 Å². The lowest BCUT2D eigenvalue weighted by molar-refractivity contribution is -0.183. The van der Waals surface area contributed by atoms with Crippen LogP contribution in [0.1, 0.15) is 52.0 Å². The van der Waals surface area contributed by atoms with Crippen molar-refractivity contribution in [2.45, 2.75) is 70.7 Å². The average molecular weight is 334 g/mol. The summed E-state index contributed by atoms with van der Waals surface area (Å²) in [4.78, 5) is 10.9. The second kappa shape index (κ2) is 6.84. The van der Waals surface area contributed by atoms with Crippen LogP contribution in [-0.2, 0) is 11.2 Å². The van der Waals surface area contributed by atoms with Crippen LogP contribution >= 0.6 is 0 Å². The van der Waals surface area contributed by atoms with Gasteiger partial charge in [-0.25, -0.2) is 4.98 Å². The Hall–Kier alpha value is -1.40. The number of nitrogens with zero attached hydrogens (tertiary/aromatic N) is 3. The number of aliphatic hydroxyl groups is 1. The highest BCUT2D eigenvalue weighted by molar-refractivity contribution is 5.49. The molecule has 6 heteroatoms. The fraction of sp³-hybridized carbons (Fsp3) is 0.778. The SMILES string of the molecule is CCc1cnc(N)nc1N1CCC2(CC1)C[C@H](O)C[C@H](C(C)C)O2. The predicted octanol–water partition coefficient (Wildman–Crippen LogP) is 2.16. The third-order valence-corrected chi connectivity index (χ3v) is 5.47. The van der Waals surface area contributed by atoms with Crippen LogP contribution in [0.4, 0.5) is 11.8 Å². The Morgan fingerprint density at radius 2 is 2.12 bits per heavy atom. The van der Waals surface area contributed by atoms with Gasteiger partial charge < -0.3 is 20.5 Å². The van der Waals surface area contributed by atoms with Gasteiger partial charge >= 0.3 is 0 Å². The summed E-state index contributed by atoms with van der Waals surface area (Å²) in [5.74, 6) is 1.71. The summed E-state index contributed by atoms with van der Waals surface area (Å²) in [5, 5.41) is 10.3. The van der Waals surface area contributed by atoms with E-state index in [-0.39, 0.29) is 17.8 Å². The normalized spacial score (nSPS) is 27.0. The van der Waals surface area contributed by atoms with E-state index in [4.69, 9.17) is 10.5 Å². The number of piperidine rings is 1. The van der Waals surface area contributed by atoms with E-state index in [1.54, 1.807) is 0 Å². The van der Waals surface area contributed by atoms with Gasteiger partial charge in [-0.1, -0.05) is 20.8 Å². The van der Waals surface area contributed by atoms with Gasteiger partial charge in [-0.05, 0) is 31.6 Å². The molecule has 0 saturated carbocycles. The number of ether oxygens (including phenoxy) is 1. The van der Waals surface area contributed by atoms with Crippen LogP contribution in [0, 0.1) is 5.92 Å². The average Bonchev–Trinajstić information content (AvgIpc) is 2.55. The Morgan fingerprint density at radius 1 is 1.42 bits per heavy atom. The molecule has 24 heavy (non-hydrogen) atoms. The lowest BCUT2D eigenvalue weighted by Gasteiger charge is -2.49. The molecule has 1 spiro atoms. The number of hydrogen-bond acceptors (Lipinski definition) is 6. The van der Waals surface area contributed by atoms with Gasteiger partial charge in [0.05, 0.1) is 17.8 Å². The molecule has 2 aliphatic heterocycles. The van der Waals surface area contributed by atoms with Gasteiger partial charge in [0.2, 0.25) is 5.95 Å². The van der Waals surface area contributed by atoms with Crippen molar-refractivity contribution < 1.29 is 9.84 Å². The molecule has 2 fully saturated rings. The van der Waals surface area contributed by atoms with E-state index in [9.17, 15) is 5.11 Å². The molecular formula is C18H30N4O2. The zero-order valence-corrected chi connectivity index (χ0v) is 15.0. The maximum Gasteiger partial charge on any atom is 0.221 e. The monoisotopic (exact) mass is 334 g/mol. The van der Waals surface area contributed by atoms with E-state index in [2.05, 4.69) is 35.6 Å². The fourth-order valence-corrected chi connectivity index (χ4v) is 3.99. The molecule has 0 bridgehead atoms. The third kappa shape index (κ3) is 3.49. The largest absolute Gasteiger partial charge is 0.393 e. The molecule has 3 rings (SSSR count). The molecule has 2 saturated heterocycles. The fourth-order valence-electron chi connectivity index (χ4n) is 3.99. The minimum Gasteiger partial charge on any atom is -0.393 e. The topological polar surface area (TPSA) is 84.5 Å². The number of nitrogens with two attached hydrogens (primary N) is 1. The van der Waals surface area contributed by atoms with Crippen LogP contribution in [0.2, 0.25) is 0 Å². The Balaban J connectivity index is 1.72. The van der Waals surface area contributed by atoms with Gasteiger partial charge in [0, 0.05) is 31.3 Å². The van der Waals surface area contributed by atoms with Crippen LogP contribution in [-0.4, -0.2) is 46.0 Å². The molecule has 0 aromatic carbocycles. The maximum absolute atomic E-state index is 10.3. The highest BCUT2D eigenvalue weighted by atomic mass is 16.5. The van der Waals surface area contributed by atoms with Gasteiger partial charge in [-0.15, -0.1) is 0 Å². The number of nitrogen functional groups attached to an aromatic ring is 1. The Labute approximate surface area is 144 Å². The molecule has 1 aromatic heterocycles. The number of hydrogen-bond donors (Lipinski definition) is 2. The number of rotatable bonds is 3. The summed E-state index contributed by atoms with van der Waals surface area (Å²) in [6, 6.07) is 0. The van der Waals surface area contributed by atoms with E-state index in [1.807, 2.05) is 6.20 Å². The van der Waals surface area contributed by atoms with Crippen LogP contribution < -0.4 is 10.6 Å². The van der Waals surface area contributed by atoms with Crippen LogP contribution in [0.5, 0.6) is 0 Å². The summed E-state index contributed by atoms with van der Waals surface area (Å²) < 4.78 is 6.47. The van der Waals surface area contributed by atoms with Crippen LogP contribution in [0.3, 0.4) is 0 Å². The third-order valence-electron chi connectivity index (χ3n) is 5.47. The molecule has 2 aliphatic rings. The van der Waals surface area contributed by atoms with E-state index in [1.165, 1.54) is 0 Å². The smallest absolute Gasteiger partial charge is 0.221 e. The molecule has 134 valence electrons. The van der Waals surface area contributed by atoms with Gasteiger partial charge in [0.15, 0.2) is 0 Å². The maximum atomic E-state index is 10.3. The van der Waals surface area contributed by atoms with Crippen molar-refractivity contribution in [3.05, 3.63) is 11.8 Å². The first kappa shape index (κ1) is 17.4. The first-order valence-electron chi connectivity index (χ1n) is 9.14. The van der Waals surface area contributed by atoms with E-state index in [0.717, 1.165) is 56.6 Å². The zero-order valence-electron chi connectivity index (χ0n) is 15.0.